The van der Waals surface area contributed by atoms with E-state index in [-0.39, 0.29) is 17.8 Å². The van der Waals surface area contributed by atoms with E-state index in [9.17, 15) is 14.9 Å². The first kappa shape index (κ1) is 17.2. The second-order valence-electron chi connectivity index (χ2n) is 6.89. The van der Waals surface area contributed by atoms with Crippen molar-refractivity contribution < 1.29 is 14.5 Å². The molecular weight excluding hydrogens is 300 g/mol. The molecule has 1 aliphatic heterocycles. The van der Waals surface area contributed by atoms with Crippen LogP contribution in [0, 0.1) is 17.0 Å². The van der Waals surface area contributed by atoms with Crippen LogP contribution in [0.2, 0.25) is 0 Å². The third-order valence-corrected chi connectivity index (χ3v) is 3.81. The topological polar surface area (TPSA) is 90.5 Å². The number of carbonyl (C=O) groups excluding carboxylic acids is 1. The smallest absolute Gasteiger partial charge is 0.410 e. The van der Waals surface area contributed by atoms with Crippen molar-refractivity contribution in [2.24, 2.45) is 0 Å². The van der Waals surface area contributed by atoms with E-state index in [2.05, 4.69) is 5.10 Å². The Morgan fingerprint density at radius 2 is 2.09 bits per heavy atom. The van der Waals surface area contributed by atoms with Crippen LogP contribution in [0.4, 0.5) is 10.5 Å². The van der Waals surface area contributed by atoms with Crippen molar-refractivity contribution in [1.29, 1.82) is 0 Å². The lowest BCUT2D eigenvalue weighted by atomic mass is 10.1. The summed E-state index contributed by atoms with van der Waals surface area (Å²) in [7, 11) is 0. The first-order valence-corrected chi connectivity index (χ1v) is 7.85. The Labute approximate surface area is 135 Å². The molecule has 1 aliphatic rings. The van der Waals surface area contributed by atoms with Crippen LogP contribution >= 0.6 is 0 Å². The highest BCUT2D eigenvalue weighted by Gasteiger charge is 2.27. The van der Waals surface area contributed by atoms with Crippen molar-refractivity contribution in [3.63, 3.8) is 0 Å². The van der Waals surface area contributed by atoms with Gasteiger partial charge in [0.25, 0.3) is 0 Å². The van der Waals surface area contributed by atoms with Gasteiger partial charge in [0, 0.05) is 13.1 Å². The lowest BCUT2D eigenvalue weighted by molar-refractivity contribution is -0.385. The van der Waals surface area contributed by atoms with Crippen molar-refractivity contribution in [3.8, 4) is 0 Å². The SMILES string of the molecule is Cc1nn(C2CCCN(C(=O)OC(C)(C)C)CC2)cc1[N+](=O)[O-]. The Kier molecular flexibility index (Phi) is 4.91. The molecule has 1 unspecified atom stereocenters. The summed E-state index contributed by atoms with van der Waals surface area (Å²) in [6, 6.07) is 0.0647. The molecule has 0 saturated carbocycles. The highest BCUT2D eigenvalue weighted by Crippen LogP contribution is 2.26. The maximum atomic E-state index is 12.1. The Hall–Kier alpha value is -2.12. The normalized spacial score (nSPS) is 19.3. The molecule has 0 aromatic carbocycles. The van der Waals surface area contributed by atoms with E-state index in [1.807, 2.05) is 20.8 Å². The van der Waals surface area contributed by atoms with Crippen LogP contribution in [-0.2, 0) is 4.74 Å². The molecule has 23 heavy (non-hydrogen) atoms. The second-order valence-corrected chi connectivity index (χ2v) is 6.89. The summed E-state index contributed by atoms with van der Waals surface area (Å²) in [6.45, 7) is 8.36. The maximum absolute atomic E-state index is 12.1. The Balaban J connectivity index is 2.02. The first-order valence-electron chi connectivity index (χ1n) is 7.85. The van der Waals surface area contributed by atoms with Gasteiger partial charge in [-0.05, 0) is 47.0 Å². The van der Waals surface area contributed by atoms with E-state index in [1.54, 1.807) is 16.5 Å². The predicted octanol–water partition coefficient (Wildman–Crippen LogP) is 3.06. The Bertz CT molecular complexity index is 591. The molecule has 1 fully saturated rings. The minimum atomic E-state index is -0.511. The van der Waals surface area contributed by atoms with E-state index in [4.69, 9.17) is 4.74 Å². The average molecular weight is 324 g/mol. The van der Waals surface area contributed by atoms with Gasteiger partial charge in [-0.25, -0.2) is 4.79 Å². The number of nitro groups is 1. The molecular formula is C15H24N4O4. The third-order valence-electron chi connectivity index (χ3n) is 3.81. The number of hydrogen-bond acceptors (Lipinski definition) is 5. The zero-order chi connectivity index (χ0) is 17.2. The van der Waals surface area contributed by atoms with Crippen LogP contribution in [0.5, 0.6) is 0 Å². The number of likely N-dealkylation sites (tertiary alicyclic amines) is 1. The number of carbonyl (C=O) groups is 1. The van der Waals surface area contributed by atoms with E-state index in [0.29, 0.717) is 25.2 Å². The van der Waals surface area contributed by atoms with E-state index >= 15 is 0 Å². The van der Waals surface area contributed by atoms with Crippen molar-refractivity contribution in [3.05, 3.63) is 22.0 Å². The standard InChI is InChI=1S/C15H24N4O4/c1-11-13(19(21)22)10-18(16-11)12-6-5-8-17(9-7-12)14(20)23-15(2,3)4/h10,12H,5-9H2,1-4H3. The second kappa shape index (κ2) is 6.55. The zero-order valence-corrected chi connectivity index (χ0v) is 14.1. The van der Waals surface area contributed by atoms with Gasteiger partial charge >= 0.3 is 11.8 Å². The molecule has 1 saturated heterocycles. The lowest BCUT2D eigenvalue weighted by Crippen LogP contribution is -2.37. The predicted molar refractivity (Wildman–Crippen MR) is 84.3 cm³/mol. The molecule has 1 amide bonds. The summed E-state index contributed by atoms with van der Waals surface area (Å²) in [6.07, 6.45) is 3.54. The highest BCUT2D eigenvalue weighted by molar-refractivity contribution is 5.68. The van der Waals surface area contributed by atoms with Gasteiger partial charge in [-0.2, -0.15) is 5.10 Å². The zero-order valence-electron chi connectivity index (χ0n) is 14.1. The Morgan fingerprint density at radius 3 is 2.65 bits per heavy atom. The fourth-order valence-electron chi connectivity index (χ4n) is 2.69. The van der Waals surface area contributed by atoms with Crippen LogP contribution in [0.25, 0.3) is 0 Å². The monoisotopic (exact) mass is 324 g/mol. The van der Waals surface area contributed by atoms with Gasteiger partial charge in [0.2, 0.25) is 0 Å². The lowest BCUT2D eigenvalue weighted by Gasteiger charge is -2.26. The quantitative estimate of drug-likeness (QED) is 0.616. The third kappa shape index (κ3) is 4.43. The summed E-state index contributed by atoms with van der Waals surface area (Å²) in [5, 5.41) is 15.2. The van der Waals surface area contributed by atoms with Gasteiger partial charge in [-0.15, -0.1) is 0 Å². The largest absolute Gasteiger partial charge is 0.444 e. The van der Waals surface area contributed by atoms with E-state index in [1.165, 1.54) is 6.20 Å². The average Bonchev–Trinajstić information content (AvgIpc) is 2.66. The summed E-state index contributed by atoms with van der Waals surface area (Å²) in [5.41, 5.74) is -0.0517. The van der Waals surface area contributed by atoms with Gasteiger partial charge in [0.15, 0.2) is 0 Å². The number of nitrogens with zero attached hydrogens (tertiary/aromatic N) is 4. The van der Waals surface area contributed by atoms with Gasteiger partial charge < -0.3 is 9.64 Å². The molecule has 2 heterocycles. The molecule has 0 N–H and O–H groups in total. The molecule has 0 bridgehead atoms. The van der Waals surface area contributed by atoms with Crippen LogP contribution in [0.3, 0.4) is 0 Å². The Morgan fingerprint density at radius 1 is 1.39 bits per heavy atom. The summed E-state index contributed by atoms with van der Waals surface area (Å²) >= 11 is 0. The van der Waals surface area contributed by atoms with Gasteiger partial charge in [-0.1, -0.05) is 0 Å². The summed E-state index contributed by atoms with van der Waals surface area (Å²) in [5.74, 6) is 0. The molecule has 1 atom stereocenters. The van der Waals surface area contributed by atoms with Crippen molar-refractivity contribution in [2.75, 3.05) is 13.1 Å². The highest BCUT2D eigenvalue weighted by atomic mass is 16.6. The minimum Gasteiger partial charge on any atom is -0.444 e. The molecule has 0 aliphatic carbocycles. The maximum Gasteiger partial charge on any atom is 0.410 e. The van der Waals surface area contributed by atoms with Gasteiger partial charge in [-0.3, -0.25) is 14.8 Å². The van der Waals surface area contributed by atoms with E-state index < -0.39 is 10.5 Å². The molecule has 128 valence electrons. The summed E-state index contributed by atoms with van der Waals surface area (Å²) in [4.78, 5) is 24.4. The fraction of sp³-hybridized carbons (Fsp3) is 0.733. The van der Waals surface area contributed by atoms with Crippen molar-refractivity contribution in [1.82, 2.24) is 14.7 Å². The number of amides is 1. The fourth-order valence-corrected chi connectivity index (χ4v) is 2.69. The number of rotatable bonds is 2. The molecule has 0 spiro atoms. The van der Waals surface area contributed by atoms with Gasteiger partial charge in [0.05, 0.1) is 11.0 Å². The number of aromatic nitrogens is 2. The van der Waals surface area contributed by atoms with Crippen LogP contribution in [-0.4, -0.2) is 44.4 Å². The minimum absolute atomic E-state index is 0.0400. The molecule has 8 nitrogen and oxygen atoms in total. The molecule has 1 aromatic heterocycles. The van der Waals surface area contributed by atoms with E-state index in [0.717, 1.165) is 12.8 Å². The van der Waals surface area contributed by atoms with Crippen molar-refractivity contribution >= 4 is 11.8 Å². The number of hydrogen-bond donors (Lipinski definition) is 0. The summed E-state index contributed by atoms with van der Waals surface area (Å²) < 4.78 is 7.08. The molecule has 2 rings (SSSR count). The van der Waals surface area contributed by atoms with Crippen LogP contribution < -0.4 is 0 Å². The van der Waals surface area contributed by atoms with Crippen molar-refractivity contribution in [2.45, 2.75) is 58.6 Å². The number of aryl methyl sites for hydroxylation is 1. The van der Waals surface area contributed by atoms with Gasteiger partial charge in [0.1, 0.15) is 17.5 Å². The molecule has 1 aromatic rings. The van der Waals surface area contributed by atoms with Crippen LogP contribution in [0.15, 0.2) is 6.20 Å². The van der Waals surface area contributed by atoms with Crippen LogP contribution in [0.1, 0.15) is 51.8 Å². The first-order chi connectivity index (χ1) is 10.7. The molecule has 8 heteroatoms. The number of ether oxygens (including phenoxy) is 1. The molecule has 0 radical (unpaired) electrons.